The van der Waals surface area contributed by atoms with E-state index < -0.39 is 11.9 Å². The van der Waals surface area contributed by atoms with Crippen molar-refractivity contribution in [2.45, 2.75) is 26.7 Å². The molecule has 0 saturated carbocycles. The first kappa shape index (κ1) is 13.2. The van der Waals surface area contributed by atoms with Crippen molar-refractivity contribution >= 4 is 11.9 Å². The van der Waals surface area contributed by atoms with Gasteiger partial charge in [0.2, 0.25) is 0 Å². The van der Waals surface area contributed by atoms with Gasteiger partial charge in [-0.3, -0.25) is 5.10 Å². The molecule has 1 rings (SSSR count). The number of aliphatic carboxylic acids is 2. The molecule has 0 aliphatic rings. The van der Waals surface area contributed by atoms with Crippen LogP contribution in [0.1, 0.15) is 25.1 Å². The van der Waals surface area contributed by atoms with Gasteiger partial charge in [-0.05, 0) is 18.4 Å². The SMILES string of the molecule is CCc1cn[nH]c1CC.O=C(O)C(=O)O. The predicted molar refractivity (Wildman–Crippen MR) is 52.6 cm³/mol. The Morgan fingerprint density at radius 3 is 2.07 bits per heavy atom. The molecule has 0 radical (unpaired) electrons. The first-order valence-electron chi connectivity index (χ1n) is 4.50. The Labute approximate surface area is 86.9 Å². The number of aromatic amines is 1. The number of rotatable bonds is 2. The third-order valence-corrected chi connectivity index (χ3v) is 1.72. The van der Waals surface area contributed by atoms with E-state index in [0.717, 1.165) is 12.8 Å². The number of nitrogens with zero attached hydrogens (tertiary/aromatic N) is 1. The van der Waals surface area contributed by atoms with E-state index in [1.165, 1.54) is 11.3 Å². The van der Waals surface area contributed by atoms with Crippen LogP contribution in [0.25, 0.3) is 0 Å². The van der Waals surface area contributed by atoms with Crippen molar-refractivity contribution < 1.29 is 19.8 Å². The van der Waals surface area contributed by atoms with Gasteiger partial charge >= 0.3 is 11.9 Å². The second-order valence-corrected chi connectivity index (χ2v) is 2.69. The molecule has 15 heavy (non-hydrogen) atoms. The molecule has 0 amide bonds. The van der Waals surface area contributed by atoms with Gasteiger partial charge < -0.3 is 10.2 Å². The van der Waals surface area contributed by atoms with Crippen LogP contribution >= 0.6 is 0 Å². The van der Waals surface area contributed by atoms with Crippen LogP contribution in [0.5, 0.6) is 0 Å². The molecule has 6 heteroatoms. The highest BCUT2D eigenvalue weighted by atomic mass is 16.4. The van der Waals surface area contributed by atoms with Crippen LogP contribution in [-0.2, 0) is 22.4 Å². The molecule has 0 aromatic carbocycles. The quantitative estimate of drug-likeness (QED) is 0.628. The summed E-state index contributed by atoms with van der Waals surface area (Å²) in [6, 6.07) is 0. The normalized spacial score (nSPS) is 8.93. The standard InChI is InChI=1S/C7H12N2.C2H2O4/c1-3-6-5-8-9-7(6)4-2;3-1(4)2(5)6/h5H,3-4H2,1-2H3,(H,8,9);(H,3,4)(H,5,6). The van der Waals surface area contributed by atoms with E-state index in [9.17, 15) is 0 Å². The van der Waals surface area contributed by atoms with Gasteiger partial charge in [-0.25, -0.2) is 9.59 Å². The second kappa shape index (κ2) is 6.58. The molecule has 0 aliphatic heterocycles. The molecule has 0 fully saturated rings. The minimum atomic E-state index is -1.82. The maximum absolute atomic E-state index is 9.10. The van der Waals surface area contributed by atoms with Gasteiger partial charge in [0.25, 0.3) is 0 Å². The molecule has 6 nitrogen and oxygen atoms in total. The number of aromatic nitrogens is 2. The number of nitrogens with one attached hydrogen (secondary N) is 1. The van der Waals surface area contributed by atoms with Crippen LogP contribution in [0.3, 0.4) is 0 Å². The highest BCUT2D eigenvalue weighted by molar-refractivity contribution is 6.27. The van der Waals surface area contributed by atoms with Gasteiger partial charge in [0.05, 0.1) is 6.20 Å². The van der Waals surface area contributed by atoms with E-state index in [0.29, 0.717) is 0 Å². The Hall–Kier alpha value is -1.85. The Morgan fingerprint density at radius 1 is 1.27 bits per heavy atom. The molecule has 0 unspecified atom stereocenters. The van der Waals surface area contributed by atoms with Crippen LogP contribution in [0.15, 0.2) is 6.20 Å². The number of aryl methyl sites for hydroxylation is 2. The molecule has 0 atom stereocenters. The molecule has 1 aromatic rings. The molecule has 0 bridgehead atoms. The van der Waals surface area contributed by atoms with Gasteiger partial charge in [-0.2, -0.15) is 5.10 Å². The van der Waals surface area contributed by atoms with Crippen molar-refractivity contribution in [3.05, 3.63) is 17.5 Å². The van der Waals surface area contributed by atoms with Crippen LogP contribution in [0.2, 0.25) is 0 Å². The third kappa shape index (κ3) is 4.80. The third-order valence-electron chi connectivity index (χ3n) is 1.72. The Kier molecular flexibility index (Phi) is 5.77. The highest BCUT2D eigenvalue weighted by Gasteiger charge is 2.04. The molecular weight excluding hydrogens is 200 g/mol. The van der Waals surface area contributed by atoms with Gasteiger partial charge in [0, 0.05) is 5.69 Å². The smallest absolute Gasteiger partial charge is 0.414 e. The number of carboxylic acid groups (broad SMARTS) is 2. The second-order valence-electron chi connectivity index (χ2n) is 2.69. The number of hydrogen-bond acceptors (Lipinski definition) is 3. The fourth-order valence-corrected chi connectivity index (χ4v) is 0.949. The lowest BCUT2D eigenvalue weighted by Gasteiger charge is -1.91. The summed E-state index contributed by atoms with van der Waals surface area (Å²) in [7, 11) is 0. The van der Waals surface area contributed by atoms with Crippen LogP contribution in [0, 0.1) is 0 Å². The topological polar surface area (TPSA) is 103 Å². The lowest BCUT2D eigenvalue weighted by Crippen LogP contribution is -2.09. The van der Waals surface area contributed by atoms with Crippen molar-refractivity contribution in [3.8, 4) is 0 Å². The average Bonchev–Trinajstić information content (AvgIpc) is 2.65. The molecule has 0 aliphatic carbocycles. The minimum absolute atomic E-state index is 1.06. The molecule has 1 heterocycles. The largest absolute Gasteiger partial charge is 0.473 e. The summed E-state index contributed by atoms with van der Waals surface area (Å²) in [4.78, 5) is 18.2. The number of H-pyrrole nitrogens is 1. The molecule has 84 valence electrons. The maximum atomic E-state index is 9.10. The zero-order chi connectivity index (χ0) is 11.8. The lowest BCUT2D eigenvalue weighted by molar-refractivity contribution is -0.159. The number of carboxylic acids is 2. The van der Waals surface area contributed by atoms with E-state index in [1.54, 1.807) is 0 Å². The summed E-state index contributed by atoms with van der Waals surface area (Å²) < 4.78 is 0. The van der Waals surface area contributed by atoms with E-state index in [2.05, 4.69) is 24.0 Å². The van der Waals surface area contributed by atoms with E-state index in [1.807, 2.05) is 6.20 Å². The monoisotopic (exact) mass is 214 g/mol. The Morgan fingerprint density at radius 2 is 1.80 bits per heavy atom. The van der Waals surface area contributed by atoms with E-state index in [-0.39, 0.29) is 0 Å². The first-order chi connectivity index (χ1) is 7.02. The summed E-state index contributed by atoms with van der Waals surface area (Å²) in [6.45, 7) is 4.27. The summed E-state index contributed by atoms with van der Waals surface area (Å²) in [5, 5.41) is 21.7. The van der Waals surface area contributed by atoms with Crippen molar-refractivity contribution in [1.82, 2.24) is 10.2 Å². The number of hydrogen-bond donors (Lipinski definition) is 3. The van der Waals surface area contributed by atoms with Crippen LogP contribution in [-0.4, -0.2) is 32.3 Å². The lowest BCUT2D eigenvalue weighted by atomic mass is 10.2. The number of carbonyl (C=O) groups is 2. The molecule has 0 spiro atoms. The van der Waals surface area contributed by atoms with Gasteiger partial charge in [-0.1, -0.05) is 13.8 Å². The molecule has 0 saturated heterocycles. The fourth-order valence-electron chi connectivity index (χ4n) is 0.949. The minimum Gasteiger partial charge on any atom is -0.473 e. The van der Waals surface area contributed by atoms with Crippen molar-refractivity contribution in [2.24, 2.45) is 0 Å². The molecular formula is C9H14N2O4. The van der Waals surface area contributed by atoms with Crippen LogP contribution < -0.4 is 0 Å². The Bertz CT molecular complexity index is 302. The predicted octanol–water partition coefficient (Wildman–Crippen LogP) is 0.690. The average molecular weight is 214 g/mol. The summed E-state index contributed by atoms with van der Waals surface area (Å²) >= 11 is 0. The maximum Gasteiger partial charge on any atom is 0.414 e. The Balaban J connectivity index is 0.000000288. The first-order valence-corrected chi connectivity index (χ1v) is 4.50. The van der Waals surface area contributed by atoms with E-state index >= 15 is 0 Å². The van der Waals surface area contributed by atoms with Gasteiger partial charge in [0.15, 0.2) is 0 Å². The van der Waals surface area contributed by atoms with Crippen molar-refractivity contribution in [1.29, 1.82) is 0 Å². The fraction of sp³-hybridized carbons (Fsp3) is 0.444. The van der Waals surface area contributed by atoms with Crippen molar-refractivity contribution in [3.63, 3.8) is 0 Å². The van der Waals surface area contributed by atoms with E-state index in [4.69, 9.17) is 19.8 Å². The van der Waals surface area contributed by atoms with Gasteiger partial charge in [-0.15, -0.1) is 0 Å². The van der Waals surface area contributed by atoms with Crippen LogP contribution in [0.4, 0.5) is 0 Å². The van der Waals surface area contributed by atoms with Crippen molar-refractivity contribution in [2.75, 3.05) is 0 Å². The zero-order valence-corrected chi connectivity index (χ0v) is 8.65. The summed E-state index contributed by atoms with van der Waals surface area (Å²) in [6.07, 6.45) is 4.04. The van der Waals surface area contributed by atoms with Gasteiger partial charge in [0.1, 0.15) is 0 Å². The molecule has 1 aromatic heterocycles. The summed E-state index contributed by atoms with van der Waals surface area (Å²) in [5.74, 6) is -3.65. The molecule has 3 N–H and O–H groups in total. The zero-order valence-electron chi connectivity index (χ0n) is 8.65. The highest BCUT2D eigenvalue weighted by Crippen LogP contribution is 2.04. The summed E-state index contributed by atoms with van der Waals surface area (Å²) in [5.41, 5.74) is 2.62.